The van der Waals surface area contributed by atoms with Crippen LogP contribution in [0, 0.1) is 23.2 Å². The highest BCUT2D eigenvalue weighted by atomic mass is 32.2. The fourth-order valence-electron chi connectivity index (χ4n) is 4.35. The Balaban J connectivity index is 1.86. The number of hydrogen-bond donors (Lipinski definition) is 1. The van der Waals surface area contributed by atoms with Crippen molar-refractivity contribution in [3.63, 3.8) is 0 Å². The molecule has 2 rings (SSSR count). The SMILES string of the molecule is CSCCCC1(CNCC(C)C)CC2CCC1C2. The third-order valence-corrected chi connectivity index (χ3v) is 5.85. The van der Waals surface area contributed by atoms with E-state index in [0.29, 0.717) is 5.41 Å². The van der Waals surface area contributed by atoms with E-state index in [2.05, 4.69) is 25.4 Å². The molecule has 0 aromatic heterocycles. The maximum absolute atomic E-state index is 3.77. The van der Waals surface area contributed by atoms with Gasteiger partial charge >= 0.3 is 0 Å². The van der Waals surface area contributed by atoms with E-state index >= 15 is 0 Å². The first-order valence-electron chi connectivity index (χ1n) is 7.86. The predicted molar refractivity (Wildman–Crippen MR) is 83.2 cm³/mol. The van der Waals surface area contributed by atoms with Gasteiger partial charge in [-0.15, -0.1) is 0 Å². The molecule has 3 atom stereocenters. The lowest BCUT2D eigenvalue weighted by atomic mass is 9.70. The van der Waals surface area contributed by atoms with Gasteiger partial charge in [-0.2, -0.15) is 11.8 Å². The van der Waals surface area contributed by atoms with Crippen molar-refractivity contribution in [2.75, 3.05) is 25.1 Å². The van der Waals surface area contributed by atoms with E-state index in [9.17, 15) is 0 Å². The summed E-state index contributed by atoms with van der Waals surface area (Å²) in [6.07, 6.45) is 11.3. The number of rotatable bonds is 8. The van der Waals surface area contributed by atoms with Crippen molar-refractivity contribution in [2.45, 2.75) is 52.4 Å². The summed E-state index contributed by atoms with van der Waals surface area (Å²) in [4.78, 5) is 0. The van der Waals surface area contributed by atoms with Gasteiger partial charge < -0.3 is 5.32 Å². The smallest absolute Gasteiger partial charge is 0.00107 e. The normalized spacial score (nSPS) is 34.7. The average Bonchev–Trinajstić information content (AvgIpc) is 2.89. The molecule has 2 saturated carbocycles. The Morgan fingerprint density at radius 3 is 2.72 bits per heavy atom. The first-order chi connectivity index (χ1) is 8.66. The monoisotopic (exact) mass is 269 g/mol. The molecule has 106 valence electrons. The quantitative estimate of drug-likeness (QED) is 0.663. The Labute approximate surface area is 118 Å². The van der Waals surface area contributed by atoms with Crippen molar-refractivity contribution < 1.29 is 0 Å². The van der Waals surface area contributed by atoms with Crippen molar-refractivity contribution in [3.8, 4) is 0 Å². The molecular weight excluding hydrogens is 238 g/mol. The number of hydrogen-bond acceptors (Lipinski definition) is 2. The van der Waals surface area contributed by atoms with Gasteiger partial charge in [-0.25, -0.2) is 0 Å². The lowest BCUT2D eigenvalue weighted by molar-refractivity contribution is 0.140. The highest BCUT2D eigenvalue weighted by molar-refractivity contribution is 7.98. The summed E-state index contributed by atoms with van der Waals surface area (Å²) in [6.45, 7) is 7.12. The first kappa shape index (κ1) is 14.7. The molecule has 3 unspecified atom stereocenters. The Bertz CT molecular complexity index is 253. The second-order valence-electron chi connectivity index (χ2n) is 7.06. The average molecular weight is 269 g/mol. The molecule has 18 heavy (non-hydrogen) atoms. The molecule has 2 aliphatic carbocycles. The van der Waals surface area contributed by atoms with Crippen LogP contribution in [0.1, 0.15) is 52.4 Å². The van der Waals surface area contributed by atoms with Crippen LogP contribution in [-0.4, -0.2) is 25.1 Å². The highest BCUT2D eigenvalue weighted by Crippen LogP contribution is 2.57. The summed E-state index contributed by atoms with van der Waals surface area (Å²) in [5.41, 5.74) is 0.674. The summed E-state index contributed by atoms with van der Waals surface area (Å²) in [6, 6.07) is 0. The Kier molecular flexibility index (Phi) is 5.44. The van der Waals surface area contributed by atoms with E-state index in [1.54, 1.807) is 6.42 Å². The lowest BCUT2D eigenvalue weighted by Gasteiger charge is -2.38. The van der Waals surface area contributed by atoms with Crippen LogP contribution >= 0.6 is 11.8 Å². The minimum Gasteiger partial charge on any atom is -0.316 e. The van der Waals surface area contributed by atoms with Crippen LogP contribution in [0.2, 0.25) is 0 Å². The fourth-order valence-corrected chi connectivity index (χ4v) is 4.78. The molecule has 2 aliphatic rings. The molecule has 0 aliphatic heterocycles. The summed E-state index contributed by atoms with van der Waals surface area (Å²) in [7, 11) is 0. The zero-order chi connectivity index (χ0) is 13.0. The molecule has 1 N–H and O–H groups in total. The van der Waals surface area contributed by atoms with E-state index in [1.807, 2.05) is 11.8 Å². The lowest BCUT2D eigenvalue weighted by Crippen LogP contribution is -2.40. The Hall–Kier alpha value is 0.310. The zero-order valence-corrected chi connectivity index (χ0v) is 13.3. The van der Waals surface area contributed by atoms with E-state index in [-0.39, 0.29) is 0 Å². The summed E-state index contributed by atoms with van der Waals surface area (Å²) in [5.74, 6) is 4.25. The van der Waals surface area contributed by atoms with Gasteiger partial charge in [0.05, 0.1) is 0 Å². The second-order valence-corrected chi connectivity index (χ2v) is 8.05. The van der Waals surface area contributed by atoms with Gasteiger partial charge in [-0.1, -0.05) is 20.3 Å². The minimum atomic E-state index is 0.674. The van der Waals surface area contributed by atoms with Gasteiger partial charge in [0, 0.05) is 6.54 Å². The summed E-state index contributed by atoms with van der Waals surface area (Å²) in [5, 5.41) is 3.77. The molecule has 0 spiro atoms. The largest absolute Gasteiger partial charge is 0.316 e. The van der Waals surface area contributed by atoms with Gasteiger partial charge in [0.25, 0.3) is 0 Å². The highest BCUT2D eigenvalue weighted by Gasteiger charge is 2.49. The van der Waals surface area contributed by atoms with Gasteiger partial charge in [0.1, 0.15) is 0 Å². The van der Waals surface area contributed by atoms with E-state index < -0.39 is 0 Å². The minimum absolute atomic E-state index is 0.674. The standard InChI is InChI=1S/C16H31NS/c1-13(2)11-17-12-16(7-4-8-18-3)10-14-5-6-15(16)9-14/h13-15,17H,4-12H2,1-3H3. The molecule has 0 amide bonds. The van der Waals surface area contributed by atoms with Crippen LogP contribution in [-0.2, 0) is 0 Å². The summed E-state index contributed by atoms with van der Waals surface area (Å²) >= 11 is 2.01. The van der Waals surface area contributed by atoms with Gasteiger partial charge in [-0.05, 0) is 73.8 Å². The maximum Gasteiger partial charge on any atom is 0.00107 e. The van der Waals surface area contributed by atoms with Crippen LogP contribution in [0.3, 0.4) is 0 Å². The summed E-state index contributed by atoms with van der Waals surface area (Å²) < 4.78 is 0. The van der Waals surface area contributed by atoms with Crippen LogP contribution in [0.4, 0.5) is 0 Å². The van der Waals surface area contributed by atoms with Gasteiger partial charge in [0.2, 0.25) is 0 Å². The molecule has 2 heteroatoms. The van der Waals surface area contributed by atoms with Gasteiger partial charge in [-0.3, -0.25) is 0 Å². The Morgan fingerprint density at radius 1 is 1.33 bits per heavy atom. The predicted octanol–water partition coefficient (Wildman–Crippen LogP) is 4.18. The van der Waals surface area contributed by atoms with Crippen LogP contribution in [0.5, 0.6) is 0 Å². The number of fused-ring (bicyclic) bond motifs is 2. The maximum atomic E-state index is 3.77. The van der Waals surface area contributed by atoms with Crippen molar-refractivity contribution in [3.05, 3.63) is 0 Å². The third-order valence-electron chi connectivity index (χ3n) is 5.16. The Morgan fingerprint density at radius 2 is 2.17 bits per heavy atom. The van der Waals surface area contributed by atoms with Gasteiger partial charge in [0.15, 0.2) is 0 Å². The molecule has 1 nitrogen and oxygen atoms in total. The van der Waals surface area contributed by atoms with E-state index in [1.165, 1.54) is 50.9 Å². The second kappa shape index (κ2) is 6.65. The molecule has 0 radical (unpaired) electrons. The molecule has 0 aromatic carbocycles. The fraction of sp³-hybridized carbons (Fsp3) is 1.00. The van der Waals surface area contributed by atoms with Crippen LogP contribution in [0.15, 0.2) is 0 Å². The molecule has 2 bridgehead atoms. The van der Waals surface area contributed by atoms with Crippen LogP contribution in [0.25, 0.3) is 0 Å². The van der Waals surface area contributed by atoms with Crippen LogP contribution < -0.4 is 5.32 Å². The molecule has 0 saturated heterocycles. The topological polar surface area (TPSA) is 12.0 Å². The number of thioether (sulfide) groups is 1. The zero-order valence-electron chi connectivity index (χ0n) is 12.5. The molecular formula is C16H31NS. The molecule has 2 fully saturated rings. The third kappa shape index (κ3) is 3.45. The van der Waals surface area contributed by atoms with Crippen molar-refractivity contribution >= 4 is 11.8 Å². The van der Waals surface area contributed by atoms with Crippen molar-refractivity contribution in [2.24, 2.45) is 23.2 Å². The van der Waals surface area contributed by atoms with E-state index in [0.717, 1.165) is 17.8 Å². The first-order valence-corrected chi connectivity index (χ1v) is 9.25. The molecule has 0 aromatic rings. The number of nitrogens with one attached hydrogen (secondary N) is 1. The van der Waals surface area contributed by atoms with E-state index in [4.69, 9.17) is 0 Å². The van der Waals surface area contributed by atoms with Crippen molar-refractivity contribution in [1.29, 1.82) is 0 Å². The molecule has 0 heterocycles. The van der Waals surface area contributed by atoms with Crippen molar-refractivity contribution in [1.82, 2.24) is 5.32 Å².